The van der Waals surface area contributed by atoms with Crippen molar-refractivity contribution in [1.82, 2.24) is 9.80 Å². The zero-order valence-electron chi connectivity index (χ0n) is 13.6. The molecule has 10 nitrogen and oxygen atoms in total. The van der Waals surface area contributed by atoms with Crippen molar-refractivity contribution in [1.29, 1.82) is 0 Å². The van der Waals surface area contributed by atoms with Crippen LogP contribution in [0.2, 0.25) is 0 Å². The highest BCUT2D eigenvalue weighted by Crippen LogP contribution is 2.11. The number of carbonyl (C=O) groups is 4. The number of aliphatic carboxylic acids is 4. The van der Waals surface area contributed by atoms with Crippen molar-refractivity contribution in [3.63, 3.8) is 0 Å². The van der Waals surface area contributed by atoms with Crippen LogP contribution in [0, 0.1) is 0 Å². The molecule has 0 aromatic heterocycles. The Labute approximate surface area is 139 Å². The summed E-state index contributed by atoms with van der Waals surface area (Å²) >= 11 is 0. The lowest BCUT2D eigenvalue weighted by molar-refractivity contribution is -0.146. The summed E-state index contributed by atoms with van der Waals surface area (Å²) in [5.74, 6) is -4.84. The fourth-order valence-electron chi connectivity index (χ4n) is 2.36. The highest BCUT2D eigenvalue weighted by atomic mass is 16.4. The second-order valence-electron chi connectivity index (χ2n) is 5.45. The zero-order valence-corrected chi connectivity index (χ0v) is 13.6. The SMILES string of the molecule is CCCCC(CN(CC(=O)O)CC(=O)O)N(CC(=O)O)CC(=O)O. The Balaban J connectivity index is 5.24. The summed E-state index contributed by atoms with van der Waals surface area (Å²) in [6.45, 7) is -0.226. The normalized spacial score (nSPS) is 12.3. The van der Waals surface area contributed by atoms with Crippen molar-refractivity contribution in [3.05, 3.63) is 0 Å². The maximum absolute atomic E-state index is 11.0. The largest absolute Gasteiger partial charge is 0.480 e. The lowest BCUT2D eigenvalue weighted by atomic mass is 10.1. The number of hydrogen-bond acceptors (Lipinski definition) is 6. The van der Waals surface area contributed by atoms with Crippen LogP contribution in [0.3, 0.4) is 0 Å². The van der Waals surface area contributed by atoms with Gasteiger partial charge in [0, 0.05) is 12.6 Å². The van der Waals surface area contributed by atoms with E-state index in [0.29, 0.717) is 12.8 Å². The van der Waals surface area contributed by atoms with Crippen LogP contribution in [-0.4, -0.2) is 92.9 Å². The molecule has 138 valence electrons. The third-order valence-electron chi connectivity index (χ3n) is 3.27. The molecular formula is C14H24N2O8. The molecule has 0 aliphatic carbocycles. The first-order valence-electron chi connectivity index (χ1n) is 7.49. The highest BCUT2D eigenvalue weighted by molar-refractivity contribution is 5.73. The van der Waals surface area contributed by atoms with E-state index in [1.165, 1.54) is 4.90 Å². The van der Waals surface area contributed by atoms with Crippen LogP contribution in [0.4, 0.5) is 0 Å². The standard InChI is InChI=1S/C14H24N2O8/c1-2-3-4-10(16(8-13(21)22)9-14(23)24)5-15(6-11(17)18)7-12(19)20/h10H,2-9H2,1H3,(H,17,18)(H,19,20)(H,21,22)(H,23,24). The van der Waals surface area contributed by atoms with Crippen LogP contribution < -0.4 is 0 Å². The van der Waals surface area contributed by atoms with Gasteiger partial charge in [0.1, 0.15) is 0 Å². The predicted molar refractivity (Wildman–Crippen MR) is 81.9 cm³/mol. The predicted octanol–water partition coefficient (Wildman–Crippen LogP) is -0.512. The summed E-state index contributed by atoms with van der Waals surface area (Å²) in [6.07, 6.45) is 1.89. The molecule has 0 amide bonds. The summed E-state index contributed by atoms with van der Waals surface area (Å²) in [4.78, 5) is 46.1. The molecule has 1 unspecified atom stereocenters. The molecule has 1 atom stereocenters. The van der Waals surface area contributed by atoms with Crippen LogP contribution in [0.5, 0.6) is 0 Å². The molecule has 0 saturated heterocycles. The average molecular weight is 348 g/mol. The molecule has 0 saturated carbocycles. The molecule has 0 aromatic rings. The molecule has 0 aliphatic rings. The lowest BCUT2D eigenvalue weighted by Crippen LogP contribution is -2.49. The van der Waals surface area contributed by atoms with Crippen LogP contribution in [0.25, 0.3) is 0 Å². The van der Waals surface area contributed by atoms with E-state index in [9.17, 15) is 19.2 Å². The van der Waals surface area contributed by atoms with Gasteiger partial charge in [-0.15, -0.1) is 0 Å². The Morgan fingerprint density at radius 3 is 1.54 bits per heavy atom. The maximum Gasteiger partial charge on any atom is 0.317 e. The Morgan fingerprint density at radius 1 is 0.792 bits per heavy atom. The first-order valence-corrected chi connectivity index (χ1v) is 7.49. The van der Waals surface area contributed by atoms with E-state index in [0.717, 1.165) is 11.3 Å². The summed E-state index contributed by atoms with van der Waals surface area (Å²) in [6, 6.07) is -0.573. The van der Waals surface area contributed by atoms with Crippen molar-refractivity contribution >= 4 is 23.9 Å². The van der Waals surface area contributed by atoms with E-state index in [4.69, 9.17) is 20.4 Å². The Kier molecular flexibility index (Phi) is 10.3. The lowest BCUT2D eigenvalue weighted by Gasteiger charge is -2.33. The van der Waals surface area contributed by atoms with Gasteiger partial charge in [-0.25, -0.2) is 0 Å². The summed E-state index contributed by atoms with van der Waals surface area (Å²) in [7, 11) is 0. The number of carboxylic acids is 4. The van der Waals surface area contributed by atoms with Gasteiger partial charge in [-0.1, -0.05) is 19.8 Å². The molecule has 0 rings (SSSR count). The van der Waals surface area contributed by atoms with Gasteiger partial charge >= 0.3 is 23.9 Å². The van der Waals surface area contributed by atoms with Gasteiger partial charge in [-0.3, -0.25) is 29.0 Å². The second kappa shape index (κ2) is 11.4. The Hall–Kier alpha value is -2.20. The van der Waals surface area contributed by atoms with Gasteiger partial charge in [-0.2, -0.15) is 0 Å². The molecule has 0 aliphatic heterocycles. The van der Waals surface area contributed by atoms with Gasteiger partial charge in [0.25, 0.3) is 0 Å². The van der Waals surface area contributed by atoms with Gasteiger partial charge < -0.3 is 20.4 Å². The van der Waals surface area contributed by atoms with E-state index < -0.39 is 56.1 Å². The van der Waals surface area contributed by atoms with Gasteiger partial charge in [0.05, 0.1) is 26.2 Å². The zero-order chi connectivity index (χ0) is 18.7. The van der Waals surface area contributed by atoms with Crippen LogP contribution >= 0.6 is 0 Å². The maximum atomic E-state index is 11.0. The molecule has 10 heteroatoms. The second-order valence-corrected chi connectivity index (χ2v) is 5.45. The van der Waals surface area contributed by atoms with Crippen molar-refractivity contribution in [2.45, 2.75) is 32.2 Å². The van der Waals surface area contributed by atoms with Crippen LogP contribution in [0.1, 0.15) is 26.2 Å². The van der Waals surface area contributed by atoms with E-state index in [1.807, 2.05) is 6.92 Å². The minimum Gasteiger partial charge on any atom is -0.480 e. The molecule has 0 bridgehead atoms. The average Bonchev–Trinajstić information content (AvgIpc) is 2.40. The summed E-state index contributed by atoms with van der Waals surface area (Å²) in [5.41, 5.74) is 0. The molecule has 4 N–H and O–H groups in total. The molecule has 0 aromatic carbocycles. The van der Waals surface area contributed by atoms with Crippen molar-refractivity contribution in [2.24, 2.45) is 0 Å². The fraction of sp³-hybridized carbons (Fsp3) is 0.714. The number of unbranched alkanes of at least 4 members (excludes halogenated alkanes) is 1. The molecule has 0 radical (unpaired) electrons. The van der Waals surface area contributed by atoms with Crippen LogP contribution in [-0.2, 0) is 19.2 Å². The Bertz CT molecular complexity index is 422. The number of hydrogen-bond donors (Lipinski definition) is 4. The topological polar surface area (TPSA) is 156 Å². The Morgan fingerprint density at radius 2 is 1.21 bits per heavy atom. The van der Waals surface area contributed by atoms with Gasteiger partial charge in [0.15, 0.2) is 0 Å². The number of carboxylic acid groups (broad SMARTS) is 4. The van der Waals surface area contributed by atoms with E-state index in [2.05, 4.69) is 0 Å². The van der Waals surface area contributed by atoms with Gasteiger partial charge in [-0.05, 0) is 6.42 Å². The molecule has 0 fully saturated rings. The molecule has 24 heavy (non-hydrogen) atoms. The minimum absolute atomic E-state index is 0.0425. The number of nitrogens with zero attached hydrogens (tertiary/aromatic N) is 2. The first kappa shape index (κ1) is 21.8. The highest BCUT2D eigenvalue weighted by Gasteiger charge is 2.26. The van der Waals surface area contributed by atoms with E-state index in [-0.39, 0.29) is 6.54 Å². The smallest absolute Gasteiger partial charge is 0.317 e. The third-order valence-corrected chi connectivity index (χ3v) is 3.27. The molecule has 0 spiro atoms. The van der Waals surface area contributed by atoms with E-state index >= 15 is 0 Å². The fourth-order valence-corrected chi connectivity index (χ4v) is 2.36. The van der Waals surface area contributed by atoms with Crippen LogP contribution in [0.15, 0.2) is 0 Å². The number of rotatable bonds is 14. The van der Waals surface area contributed by atoms with Gasteiger partial charge in [0.2, 0.25) is 0 Å². The first-order chi connectivity index (χ1) is 11.1. The quantitative estimate of drug-likeness (QED) is 0.322. The van der Waals surface area contributed by atoms with E-state index in [1.54, 1.807) is 0 Å². The third kappa shape index (κ3) is 10.5. The van der Waals surface area contributed by atoms with Crippen molar-refractivity contribution < 1.29 is 39.6 Å². The summed E-state index contributed by atoms with van der Waals surface area (Å²) in [5, 5.41) is 35.7. The van der Waals surface area contributed by atoms with Crippen molar-refractivity contribution in [3.8, 4) is 0 Å². The molecular weight excluding hydrogens is 324 g/mol. The van der Waals surface area contributed by atoms with Crippen molar-refractivity contribution in [2.75, 3.05) is 32.7 Å². The molecule has 0 heterocycles. The summed E-state index contributed by atoms with van der Waals surface area (Å²) < 4.78 is 0. The monoisotopic (exact) mass is 348 g/mol. The minimum atomic E-state index is -1.21.